The predicted molar refractivity (Wildman–Crippen MR) is 63.0 cm³/mol. The second-order valence-electron chi connectivity index (χ2n) is 3.44. The number of phenolic OH excluding ortho intramolecular Hbond substituents is 1. The first-order valence-corrected chi connectivity index (χ1v) is 4.98. The maximum Gasteiger partial charge on any atom is 0.167 e. The van der Waals surface area contributed by atoms with Crippen LogP contribution >= 0.6 is 0 Å². The Kier molecular flexibility index (Phi) is 2.96. The van der Waals surface area contributed by atoms with Crippen LogP contribution in [0.2, 0.25) is 0 Å². The Hall–Kier alpha value is -2.16. The SMILES string of the molecule is O=C1C=CC=CC1C=Nc1ccccc1O. The zero-order valence-corrected chi connectivity index (χ0v) is 8.58. The van der Waals surface area contributed by atoms with E-state index >= 15 is 0 Å². The van der Waals surface area contributed by atoms with Crippen molar-refractivity contribution in [2.45, 2.75) is 0 Å². The van der Waals surface area contributed by atoms with Crippen LogP contribution in [0.1, 0.15) is 0 Å². The van der Waals surface area contributed by atoms with E-state index in [2.05, 4.69) is 4.99 Å². The summed E-state index contributed by atoms with van der Waals surface area (Å²) in [5.74, 6) is -0.215. The Morgan fingerprint density at radius 3 is 2.81 bits per heavy atom. The number of carbonyl (C=O) groups excluding carboxylic acids is 1. The third-order valence-electron chi connectivity index (χ3n) is 2.27. The summed E-state index contributed by atoms with van der Waals surface area (Å²) in [6, 6.07) is 6.76. The average Bonchev–Trinajstić information content (AvgIpc) is 2.30. The lowest BCUT2D eigenvalue weighted by Gasteiger charge is -2.05. The summed E-state index contributed by atoms with van der Waals surface area (Å²) < 4.78 is 0. The van der Waals surface area contributed by atoms with E-state index in [9.17, 15) is 9.90 Å². The Labute approximate surface area is 93.5 Å². The van der Waals surface area contributed by atoms with Gasteiger partial charge in [0.1, 0.15) is 11.4 Å². The number of hydrogen-bond acceptors (Lipinski definition) is 3. The molecule has 3 heteroatoms. The summed E-state index contributed by atoms with van der Waals surface area (Å²) in [5.41, 5.74) is 0.471. The fourth-order valence-corrected chi connectivity index (χ4v) is 1.40. The van der Waals surface area contributed by atoms with Crippen molar-refractivity contribution in [3.05, 3.63) is 48.6 Å². The highest BCUT2D eigenvalue weighted by atomic mass is 16.3. The highest BCUT2D eigenvalue weighted by Crippen LogP contribution is 2.24. The summed E-state index contributed by atoms with van der Waals surface area (Å²) in [6.45, 7) is 0. The molecule has 1 unspecified atom stereocenters. The number of allylic oxidation sites excluding steroid dienone is 4. The normalized spacial score (nSPS) is 19.5. The standard InChI is InChI=1S/C13H11NO2/c15-12-7-3-1-5-10(12)9-14-11-6-2-4-8-13(11)16/h1-10,16H. The molecular formula is C13H11NO2. The molecule has 2 rings (SSSR count). The van der Waals surface area contributed by atoms with Crippen LogP contribution in [0.3, 0.4) is 0 Å². The molecule has 0 bridgehead atoms. The molecule has 16 heavy (non-hydrogen) atoms. The number of aliphatic imine (C=N–C) groups is 1. The van der Waals surface area contributed by atoms with Crippen LogP contribution in [0.15, 0.2) is 53.6 Å². The van der Waals surface area contributed by atoms with E-state index in [4.69, 9.17) is 0 Å². The molecule has 1 aromatic rings. The molecule has 0 aromatic heterocycles. The van der Waals surface area contributed by atoms with Gasteiger partial charge >= 0.3 is 0 Å². The Balaban J connectivity index is 2.16. The summed E-state index contributed by atoms with van der Waals surface area (Å²) in [7, 11) is 0. The molecule has 0 aliphatic heterocycles. The molecule has 1 aliphatic rings. The van der Waals surface area contributed by atoms with Crippen molar-refractivity contribution in [3.63, 3.8) is 0 Å². The lowest BCUT2D eigenvalue weighted by Crippen LogP contribution is -2.12. The summed E-state index contributed by atoms with van der Waals surface area (Å²) in [6.07, 6.45) is 8.33. The van der Waals surface area contributed by atoms with Crippen LogP contribution in [0.4, 0.5) is 5.69 Å². The average molecular weight is 213 g/mol. The molecule has 0 spiro atoms. The van der Waals surface area contributed by atoms with Crippen LogP contribution in [0.5, 0.6) is 5.75 Å². The van der Waals surface area contributed by atoms with Crippen LogP contribution in [-0.2, 0) is 4.79 Å². The highest BCUT2D eigenvalue weighted by molar-refractivity contribution is 6.05. The predicted octanol–water partition coefficient (Wildman–Crippen LogP) is 2.41. The van der Waals surface area contributed by atoms with E-state index in [1.165, 1.54) is 12.3 Å². The molecule has 1 atom stereocenters. The van der Waals surface area contributed by atoms with Gasteiger partial charge < -0.3 is 5.11 Å². The number of phenols is 1. The van der Waals surface area contributed by atoms with E-state index in [1.807, 2.05) is 6.08 Å². The van der Waals surface area contributed by atoms with Crippen LogP contribution in [0, 0.1) is 5.92 Å². The molecule has 3 nitrogen and oxygen atoms in total. The van der Waals surface area contributed by atoms with Gasteiger partial charge in [-0.3, -0.25) is 9.79 Å². The number of carbonyl (C=O) groups is 1. The summed E-state index contributed by atoms with van der Waals surface area (Å²) in [4.78, 5) is 15.5. The Bertz CT molecular complexity index is 486. The molecule has 0 amide bonds. The summed E-state index contributed by atoms with van der Waals surface area (Å²) >= 11 is 0. The zero-order valence-electron chi connectivity index (χ0n) is 8.58. The van der Waals surface area contributed by atoms with Crippen molar-refractivity contribution in [1.82, 2.24) is 0 Å². The van der Waals surface area contributed by atoms with E-state index in [0.717, 1.165) is 0 Å². The number of rotatable bonds is 2. The van der Waals surface area contributed by atoms with Gasteiger partial charge in [-0.05, 0) is 18.2 Å². The third-order valence-corrected chi connectivity index (χ3v) is 2.27. The number of ketones is 1. The third kappa shape index (κ3) is 2.25. The minimum Gasteiger partial charge on any atom is -0.506 e. The van der Waals surface area contributed by atoms with Crippen molar-refractivity contribution in [3.8, 4) is 5.75 Å². The van der Waals surface area contributed by atoms with Gasteiger partial charge in [-0.1, -0.05) is 30.4 Å². The second kappa shape index (κ2) is 4.57. The molecule has 0 heterocycles. The maximum absolute atomic E-state index is 11.4. The van der Waals surface area contributed by atoms with Gasteiger partial charge in [0.25, 0.3) is 0 Å². The molecule has 0 radical (unpaired) electrons. The molecule has 0 saturated heterocycles. The molecular weight excluding hydrogens is 202 g/mol. The largest absolute Gasteiger partial charge is 0.506 e. The monoisotopic (exact) mass is 213 g/mol. The van der Waals surface area contributed by atoms with Gasteiger partial charge in [-0.15, -0.1) is 0 Å². The van der Waals surface area contributed by atoms with Crippen molar-refractivity contribution in [2.75, 3.05) is 0 Å². The van der Waals surface area contributed by atoms with E-state index in [-0.39, 0.29) is 17.5 Å². The summed E-state index contributed by atoms with van der Waals surface area (Å²) in [5, 5.41) is 9.48. The van der Waals surface area contributed by atoms with Crippen molar-refractivity contribution in [2.24, 2.45) is 10.9 Å². The molecule has 1 N–H and O–H groups in total. The van der Waals surface area contributed by atoms with E-state index < -0.39 is 0 Å². The second-order valence-corrected chi connectivity index (χ2v) is 3.44. The topological polar surface area (TPSA) is 49.7 Å². The number of aromatic hydroxyl groups is 1. The highest BCUT2D eigenvalue weighted by Gasteiger charge is 2.11. The van der Waals surface area contributed by atoms with Gasteiger partial charge in [0, 0.05) is 6.21 Å². The Morgan fingerprint density at radius 2 is 2.06 bits per heavy atom. The number of hydrogen-bond donors (Lipinski definition) is 1. The quantitative estimate of drug-likeness (QED) is 0.767. The van der Waals surface area contributed by atoms with E-state index in [1.54, 1.807) is 36.4 Å². The minimum atomic E-state index is -0.329. The number of nitrogens with zero attached hydrogens (tertiary/aromatic N) is 1. The van der Waals surface area contributed by atoms with Gasteiger partial charge in [0.15, 0.2) is 5.78 Å². The molecule has 0 fully saturated rings. The lowest BCUT2D eigenvalue weighted by molar-refractivity contribution is -0.115. The Morgan fingerprint density at radius 1 is 1.25 bits per heavy atom. The first-order valence-electron chi connectivity index (χ1n) is 4.98. The van der Waals surface area contributed by atoms with Crippen LogP contribution in [0.25, 0.3) is 0 Å². The van der Waals surface area contributed by atoms with Gasteiger partial charge in [-0.25, -0.2) is 0 Å². The first-order chi connectivity index (χ1) is 7.77. The van der Waals surface area contributed by atoms with Crippen molar-refractivity contribution < 1.29 is 9.90 Å². The van der Waals surface area contributed by atoms with Crippen molar-refractivity contribution >= 4 is 17.7 Å². The minimum absolute atomic E-state index is 0.00155. The van der Waals surface area contributed by atoms with E-state index in [0.29, 0.717) is 5.69 Å². The van der Waals surface area contributed by atoms with Gasteiger partial charge in [0.2, 0.25) is 0 Å². The maximum atomic E-state index is 11.4. The fourth-order valence-electron chi connectivity index (χ4n) is 1.40. The lowest BCUT2D eigenvalue weighted by atomic mass is 10.0. The molecule has 1 aliphatic carbocycles. The van der Waals surface area contributed by atoms with Crippen LogP contribution in [-0.4, -0.2) is 17.1 Å². The zero-order chi connectivity index (χ0) is 11.4. The molecule has 0 saturated carbocycles. The first kappa shape index (κ1) is 10.4. The van der Waals surface area contributed by atoms with Crippen LogP contribution < -0.4 is 0 Å². The van der Waals surface area contributed by atoms with Gasteiger partial charge in [-0.2, -0.15) is 0 Å². The number of para-hydroxylation sites is 2. The van der Waals surface area contributed by atoms with Gasteiger partial charge in [0.05, 0.1) is 5.92 Å². The fraction of sp³-hybridized carbons (Fsp3) is 0.0769. The molecule has 1 aromatic carbocycles. The number of benzene rings is 1. The smallest absolute Gasteiger partial charge is 0.167 e. The molecule has 80 valence electrons. The van der Waals surface area contributed by atoms with Crippen molar-refractivity contribution in [1.29, 1.82) is 0 Å².